The van der Waals surface area contributed by atoms with E-state index in [-0.39, 0.29) is 18.0 Å². The normalized spacial score (nSPS) is 11.2. The molecule has 3 heterocycles. The molecule has 0 aliphatic rings. The molecule has 3 aromatic heterocycles. The zero-order valence-corrected chi connectivity index (χ0v) is 18.0. The molecule has 0 unspecified atom stereocenters. The van der Waals surface area contributed by atoms with Crippen molar-refractivity contribution >= 4 is 33.1 Å². The van der Waals surface area contributed by atoms with Crippen molar-refractivity contribution in [3.05, 3.63) is 64.2 Å². The molecule has 0 aliphatic carbocycles. The summed E-state index contributed by atoms with van der Waals surface area (Å²) in [5.74, 6) is 1.57. The summed E-state index contributed by atoms with van der Waals surface area (Å²) >= 11 is 1.39. The molecule has 1 amide bonds. The van der Waals surface area contributed by atoms with E-state index < -0.39 is 0 Å². The molecule has 4 aromatic rings. The number of likely N-dealkylation sites (N-methyl/N-ethyl adjacent to an activating group) is 1. The highest BCUT2D eigenvalue weighted by molar-refractivity contribution is 7.17. The van der Waals surface area contributed by atoms with Crippen LogP contribution in [-0.4, -0.2) is 41.0 Å². The van der Waals surface area contributed by atoms with Crippen molar-refractivity contribution < 1.29 is 13.9 Å². The van der Waals surface area contributed by atoms with Gasteiger partial charge in [-0.3, -0.25) is 14.5 Å². The lowest BCUT2D eigenvalue weighted by molar-refractivity contribution is -0.117. The second kappa shape index (κ2) is 9.15. The van der Waals surface area contributed by atoms with Crippen LogP contribution < -0.4 is 15.6 Å². The Labute approximate surface area is 182 Å². The standard InChI is InChI=1S/C22H22N4O4S/c1-3-26(12-19(27)23-15-7-4-5-8-17(15)29-2)11-18-24-21(28)20-14(13-31-22(20)25-18)16-9-6-10-30-16/h4-10,13H,3,11-12H2,1-2H3,(H,23,27)(H,24,25,28). The summed E-state index contributed by atoms with van der Waals surface area (Å²) in [5.41, 5.74) is 1.12. The van der Waals surface area contributed by atoms with Crippen LogP contribution in [0.4, 0.5) is 5.69 Å². The second-order valence-corrected chi connectivity index (χ2v) is 7.73. The number of fused-ring (bicyclic) bond motifs is 1. The van der Waals surface area contributed by atoms with E-state index >= 15 is 0 Å². The first kappa shape index (κ1) is 20.8. The topological polar surface area (TPSA) is 100 Å². The number of ether oxygens (including phenoxy) is 1. The number of thiophene rings is 1. The fraction of sp³-hybridized carbons (Fsp3) is 0.227. The van der Waals surface area contributed by atoms with Crippen molar-refractivity contribution in [1.82, 2.24) is 14.9 Å². The van der Waals surface area contributed by atoms with Crippen molar-refractivity contribution in [2.45, 2.75) is 13.5 Å². The van der Waals surface area contributed by atoms with Crippen molar-refractivity contribution in [3.63, 3.8) is 0 Å². The fourth-order valence-electron chi connectivity index (χ4n) is 3.31. The van der Waals surface area contributed by atoms with Crippen molar-refractivity contribution in [2.24, 2.45) is 0 Å². The molecule has 31 heavy (non-hydrogen) atoms. The molecule has 0 atom stereocenters. The van der Waals surface area contributed by atoms with Gasteiger partial charge in [0, 0.05) is 10.9 Å². The van der Waals surface area contributed by atoms with Gasteiger partial charge in [0.1, 0.15) is 22.2 Å². The average Bonchev–Trinajstić information content (AvgIpc) is 3.43. The number of para-hydroxylation sites is 2. The van der Waals surface area contributed by atoms with Gasteiger partial charge in [-0.05, 0) is 30.8 Å². The summed E-state index contributed by atoms with van der Waals surface area (Å²) in [6.45, 7) is 3.06. The van der Waals surface area contributed by atoms with E-state index in [1.54, 1.807) is 31.6 Å². The van der Waals surface area contributed by atoms with Gasteiger partial charge >= 0.3 is 0 Å². The number of furan rings is 1. The van der Waals surface area contributed by atoms with Gasteiger partial charge in [-0.2, -0.15) is 0 Å². The number of carbonyl (C=O) groups excluding carboxylic acids is 1. The Morgan fingerprint density at radius 1 is 1.29 bits per heavy atom. The maximum atomic E-state index is 12.7. The first-order valence-electron chi connectivity index (χ1n) is 9.78. The van der Waals surface area contributed by atoms with E-state index in [1.165, 1.54) is 11.3 Å². The molecule has 0 bridgehead atoms. The molecule has 9 heteroatoms. The molecular weight excluding hydrogens is 416 g/mol. The third-order valence-corrected chi connectivity index (χ3v) is 5.72. The van der Waals surface area contributed by atoms with Crippen LogP contribution in [0.1, 0.15) is 12.7 Å². The Bertz CT molecular complexity index is 1250. The van der Waals surface area contributed by atoms with Crippen LogP contribution in [0.5, 0.6) is 5.75 Å². The van der Waals surface area contributed by atoms with E-state index in [1.807, 2.05) is 35.4 Å². The number of nitrogens with one attached hydrogen (secondary N) is 2. The number of anilines is 1. The fourth-order valence-corrected chi connectivity index (χ4v) is 4.26. The predicted octanol–water partition coefficient (Wildman–Crippen LogP) is 3.71. The molecular formula is C22H22N4O4S. The summed E-state index contributed by atoms with van der Waals surface area (Å²) < 4.78 is 10.7. The lowest BCUT2D eigenvalue weighted by Gasteiger charge is -2.19. The van der Waals surface area contributed by atoms with E-state index in [0.717, 1.165) is 5.56 Å². The summed E-state index contributed by atoms with van der Waals surface area (Å²) in [6, 6.07) is 10.8. The first-order valence-corrected chi connectivity index (χ1v) is 10.7. The van der Waals surface area contributed by atoms with Crippen LogP contribution in [0.15, 0.2) is 57.3 Å². The van der Waals surface area contributed by atoms with Gasteiger partial charge in [0.2, 0.25) is 5.91 Å². The van der Waals surface area contributed by atoms with Gasteiger partial charge in [0.25, 0.3) is 5.56 Å². The van der Waals surface area contributed by atoms with Crippen molar-refractivity contribution in [3.8, 4) is 17.1 Å². The number of amides is 1. The van der Waals surface area contributed by atoms with Crippen LogP contribution in [0.3, 0.4) is 0 Å². The zero-order valence-electron chi connectivity index (χ0n) is 17.2. The minimum Gasteiger partial charge on any atom is -0.495 e. The highest BCUT2D eigenvalue weighted by Gasteiger charge is 2.17. The number of aromatic nitrogens is 2. The van der Waals surface area contributed by atoms with E-state index in [0.29, 0.717) is 46.3 Å². The molecule has 8 nitrogen and oxygen atoms in total. The van der Waals surface area contributed by atoms with Crippen LogP contribution in [0.25, 0.3) is 21.5 Å². The van der Waals surface area contributed by atoms with Gasteiger partial charge in [-0.1, -0.05) is 19.1 Å². The average molecular weight is 439 g/mol. The summed E-state index contributed by atoms with van der Waals surface area (Å²) in [5, 5.41) is 5.25. The maximum Gasteiger partial charge on any atom is 0.260 e. The minimum atomic E-state index is -0.220. The molecule has 2 N–H and O–H groups in total. The number of aromatic amines is 1. The number of benzene rings is 1. The van der Waals surface area contributed by atoms with Crippen LogP contribution in [0.2, 0.25) is 0 Å². The van der Waals surface area contributed by atoms with Crippen LogP contribution in [0, 0.1) is 0 Å². The third-order valence-electron chi connectivity index (χ3n) is 4.85. The Morgan fingerprint density at radius 2 is 2.13 bits per heavy atom. The predicted molar refractivity (Wildman–Crippen MR) is 121 cm³/mol. The number of carbonyl (C=O) groups is 1. The minimum absolute atomic E-state index is 0.151. The summed E-state index contributed by atoms with van der Waals surface area (Å²) in [7, 11) is 1.56. The maximum absolute atomic E-state index is 12.7. The highest BCUT2D eigenvalue weighted by Crippen LogP contribution is 2.31. The summed E-state index contributed by atoms with van der Waals surface area (Å²) in [4.78, 5) is 35.3. The number of rotatable bonds is 8. The molecule has 0 radical (unpaired) electrons. The Hall–Kier alpha value is -3.43. The van der Waals surface area contributed by atoms with E-state index in [2.05, 4.69) is 15.3 Å². The van der Waals surface area contributed by atoms with Crippen LogP contribution in [-0.2, 0) is 11.3 Å². The van der Waals surface area contributed by atoms with Crippen molar-refractivity contribution in [2.75, 3.05) is 25.5 Å². The lowest BCUT2D eigenvalue weighted by Crippen LogP contribution is -2.33. The molecule has 1 aromatic carbocycles. The van der Waals surface area contributed by atoms with Gasteiger partial charge in [-0.15, -0.1) is 11.3 Å². The molecule has 4 rings (SSSR count). The highest BCUT2D eigenvalue weighted by atomic mass is 32.1. The molecule has 0 saturated heterocycles. The smallest absolute Gasteiger partial charge is 0.260 e. The quantitative estimate of drug-likeness (QED) is 0.435. The zero-order chi connectivity index (χ0) is 21.8. The first-order chi connectivity index (χ1) is 15.1. The van der Waals surface area contributed by atoms with E-state index in [4.69, 9.17) is 9.15 Å². The third kappa shape index (κ3) is 4.52. The summed E-state index contributed by atoms with van der Waals surface area (Å²) in [6.07, 6.45) is 1.57. The molecule has 0 aliphatic heterocycles. The van der Waals surface area contributed by atoms with Crippen molar-refractivity contribution in [1.29, 1.82) is 0 Å². The van der Waals surface area contributed by atoms with Gasteiger partial charge in [0.05, 0.1) is 37.5 Å². The second-order valence-electron chi connectivity index (χ2n) is 6.87. The molecule has 0 fully saturated rings. The molecule has 0 saturated carbocycles. The van der Waals surface area contributed by atoms with Gasteiger partial charge in [-0.25, -0.2) is 4.98 Å². The molecule has 0 spiro atoms. The SMILES string of the molecule is CCN(CC(=O)Nc1ccccc1OC)Cc1nc2scc(-c3ccco3)c2c(=O)[nH]1. The lowest BCUT2D eigenvalue weighted by atomic mass is 10.2. The monoisotopic (exact) mass is 438 g/mol. The Kier molecular flexibility index (Phi) is 6.15. The van der Waals surface area contributed by atoms with Crippen LogP contribution >= 0.6 is 11.3 Å². The van der Waals surface area contributed by atoms with Gasteiger partial charge < -0.3 is 19.5 Å². The Morgan fingerprint density at radius 3 is 2.87 bits per heavy atom. The largest absolute Gasteiger partial charge is 0.495 e. The number of nitrogens with zero attached hydrogens (tertiary/aromatic N) is 2. The molecule has 160 valence electrons. The van der Waals surface area contributed by atoms with E-state index in [9.17, 15) is 9.59 Å². The number of H-pyrrole nitrogens is 1. The van der Waals surface area contributed by atoms with Gasteiger partial charge in [0.15, 0.2) is 0 Å². The number of hydrogen-bond acceptors (Lipinski definition) is 7. The number of methoxy groups -OCH3 is 1. The number of hydrogen-bond donors (Lipinski definition) is 2. The Balaban J connectivity index is 1.49.